The molecule has 2 aromatic rings. The van der Waals surface area contributed by atoms with Gasteiger partial charge >= 0.3 is 11.7 Å². The number of carbonyl (C=O) groups is 1. The third kappa shape index (κ3) is 1.60. The summed E-state index contributed by atoms with van der Waals surface area (Å²) in [6.07, 6.45) is 0. The highest BCUT2D eigenvalue weighted by molar-refractivity contribution is 6.00. The fourth-order valence-corrected chi connectivity index (χ4v) is 1.42. The van der Waals surface area contributed by atoms with Gasteiger partial charge in [0.25, 0.3) is 0 Å². The largest absolute Gasteiger partial charge is 0.497 e. The van der Waals surface area contributed by atoms with Crippen molar-refractivity contribution in [3.63, 3.8) is 0 Å². The molecule has 0 saturated carbocycles. The quantitative estimate of drug-likeness (QED) is 0.774. The lowest BCUT2D eigenvalue weighted by Crippen LogP contribution is -2.16. The predicted octanol–water partition coefficient (Wildman–Crippen LogP) is 0.630. The molecule has 0 aliphatic heterocycles. The number of methoxy groups -OCH3 is 1. The Labute approximate surface area is 89.5 Å². The van der Waals surface area contributed by atoms with Crippen LogP contribution in [0.4, 0.5) is 0 Å². The van der Waals surface area contributed by atoms with Crippen molar-refractivity contribution in [3.8, 4) is 5.75 Å². The molecule has 1 aromatic carbocycles. The Bertz CT molecular complexity index is 618. The normalized spacial score (nSPS) is 10.3. The van der Waals surface area contributed by atoms with E-state index in [0.717, 1.165) is 0 Å². The Morgan fingerprint density at radius 1 is 1.50 bits per heavy atom. The zero-order valence-electron chi connectivity index (χ0n) is 8.35. The van der Waals surface area contributed by atoms with Crippen molar-refractivity contribution in [2.45, 2.75) is 0 Å². The number of nitrogens with one attached hydrogen (secondary N) is 1. The Hall–Kier alpha value is -2.37. The van der Waals surface area contributed by atoms with Gasteiger partial charge in [0.05, 0.1) is 12.6 Å². The van der Waals surface area contributed by atoms with Crippen LogP contribution in [0.15, 0.2) is 23.0 Å². The highest BCUT2D eigenvalue weighted by atomic mass is 16.5. The van der Waals surface area contributed by atoms with E-state index in [1.807, 2.05) is 0 Å². The molecule has 2 N–H and O–H groups in total. The molecule has 1 heterocycles. The zero-order valence-corrected chi connectivity index (χ0v) is 8.35. The van der Waals surface area contributed by atoms with Crippen molar-refractivity contribution in [3.05, 3.63) is 34.4 Å². The molecule has 0 aliphatic rings. The lowest BCUT2D eigenvalue weighted by atomic mass is 10.2. The fourth-order valence-electron chi connectivity index (χ4n) is 1.42. The molecule has 0 aliphatic carbocycles. The van der Waals surface area contributed by atoms with E-state index in [1.165, 1.54) is 13.2 Å². The van der Waals surface area contributed by atoms with Gasteiger partial charge in [-0.05, 0) is 18.2 Å². The molecular weight excluding hydrogens is 212 g/mol. The third-order valence-corrected chi connectivity index (χ3v) is 2.14. The second-order valence-corrected chi connectivity index (χ2v) is 3.11. The van der Waals surface area contributed by atoms with Crippen LogP contribution >= 0.6 is 0 Å². The summed E-state index contributed by atoms with van der Waals surface area (Å²) < 4.78 is 4.97. The molecule has 2 rings (SSSR count). The van der Waals surface area contributed by atoms with Gasteiger partial charge in [-0.1, -0.05) is 0 Å². The molecule has 1 aromatic heterocycles. The molecular formula is C10H8N2O4. The number of H-pyrrole nitrogens is 1. The summed E-state index contributed by atoms with van der Waals surface area (Å²) in [7, 11) is 1.47. The van der Waals surface area contributed by atoms with Gasteiger partial charge in [-0.25, -0.2) is 9.59 Å². The summed E-state index contributed by atoms with van der Waals surface area (Å²) in [5, 5.41) is 9.25. The van der Waals surface area contributed by atoms with E-state index in [4.69, 9.17) is 9.84 Å². The van der Waals surface area contributed by atoms with E-state index >= 15 is 0 Å². The summed E-state index contributed by atoms with van der Waals surface area (Å²) in [5.41, 5.74) is -0.550. The molecule has 82 valence electrons. The van der Waals surface area contributed by atoms with Crippen LogP contribution in [0, 0.1) is 0 Å². The molecule has 0 bridgehead atoms. The molecule has 0 spiro atoms. The SMILES string of the molecule is COc1ccc2[nH]c(=O)nc(C(=O)O)c2c1. The highest BCUT2D eigenvalue weighted by Gasteiger charge is 2.12. The highest BCUT2D eigenvalue weighted by Crippen LogP contribution is 2.20. The van der Waals surface area contributed by atoms with Crippen LogP contribution in [0.3, 0.4) is 0 Å². The van der Waals surface area contributed by atoms with Crippen molar-refractivity contribution >= 4 is 16.9 Å². The van der Waals surface area contributed by atoms with E-state index in [-0.39, 0.29) is 5.69 Å². The number of nitrogens with zero attached hydrogens (tertiary/aromatic N) is 1. The maximum Gasteiger partial charge on any atom is 0.355 e. The standard InChI is InChI=1S/C10H8N2O4/c1-16-5-2-3-7-6(4-5)8(9(13)14)12-10(15)11-7/h2-4H,1H3,(H,13,14)(H,11,12,15). The number of fused-ring (bicyclic) bond motifs is 1. The molecule has 0 unspecified atom stereocenters. The first-order chi connectivity index (χ1) is 7.61. The molecule has 6 nitrogen and oxygen atoms in total. The number of aromatic nitrogens is 2. The second kappa shape index (κ2) is 3.65. The molecule has 0 radical (unpaired) electrons. The van der Waals surface area contributed by atoms with Crippen LogP contribution < -0.4 is 10.4 Å². The number of hydrogen-bond donors (Lipinski definition) is 2. The van der Waals surface area contributed by atoms with Crippen molar-refractivity contribution in [2.75, 3.05) is 7.11 Å². The van der Waals surface area contributed by atoms with Crippen molar-refractivity contribution < 1.29 is 14.6 Å². The minimum Gasteiger partial charge on any atom is -0.497 e. The van der Waals surface area contributed by atoms with Crippen LogP contribution in [0.5, 0.6) is 5.75 Å². The van der Waals surface area contributed by atoms with Crippen molar-refractivity contribution in [1.29, 1.82) is 0 Å². The maximum absolute atomic E-state index is 11.1. The zero-order chi connectivity index (χ0) is 11.7. The molecule has 0 fully saturated rings. The summed E-state index contributed by atoms with van der Waals surface area (Å²) in [6.45, 7) is 0. The van der Waals surface area contributed by atoms with E-state index in [2.05, 4.69) is 9.97 Å². The van der Waals surface area contributed by atoms with Crippen LogP contribution in [0.2, 0.25) is 0 Å². The molecule has 0 saturated heterocycles. The Morgan fingerprint density at radius 2 is 2.25 bits per heavy atom. The number of carboxylic acids is 1. The number of carboxylic acid groups (broad SMARTS) is 1. The monoisotopic (exact) mass is 220 g/mol. The lowest BCUT2D eigenvalue weighted by molar-refractivity contribution is 0.0692. The van der Waals surface area contributed by atoms with Gasteiger partial charge in [0.1, 0.15) is 5.75 Å². The van der Waals surface area contributed by atoms with Crippen LogP contribution in [-0.2, 0) is 0 Å². The average Bonchev–Trinajstić information content (AvgIpc) is 2.27. The average molecular weight is 220 g/mol. The van der Waals surface area contributed by atoms with Crippen LogP contribution in [0.25, 0.3) is 10.9 Å². The van der Waals surface area contributed by atoms with Gasteiger partial charge < -0.3 is 14.8 Å². The second-order valence-electron chi connectivity index (χ2n) is 3.11. The lowest BCUT2D eigenvalue weighted by Gasteiger charge is -2.03. The Morgan fingerprint density at radius 3 is 2.88 bits per heavy atom. The van der Waals surface area contributed by atoms with E-state index < -0.39 is 11.7 Å². The predicted molar refractivity (Wildman–Crippen MR) is 55.9 cm³/mol. The molecule has 6 heteroatoms. The van der Waals surface area contributed by atoms with E-state index in [0.29, 0.717) is 16.7 Å². The topological polar surface area (TPSA) is 92.3 Å². The van der Waals surface area contributed by atoms with E-state index in [9.17, 15) is 9.59 Å². The van der Waals surface area contributed by atoms with Gasteiger partial charge in [-0.15, -0.1) is 0 Å². The first-order valence-electron chi connectivity index (χ1n) is 4.43. The van der Waals surface area contributed by atoms with Crippen LogP contribution in [0.1, 0.15) is 10.5 Å². The van der Waals surface area contributed by atoms with Crippen molar-refractivity contribution in [1.82, 2.24) is 9.97 Å². The number of aromatic carboxylic acids is 1. The summed E-state index contributed by atoms with van der Waals surface area (Å²) >= 11 is 0. The number of aromatic amines is 1. The summed E-state index contributed by atoms with van der Waals surface area (Å²) in [6, 6.07) is 4.72. The minimum atomic E-state index is -1.25. The Kier molecular flexibility index (Phi) is 2.32. The maximum atomic E-state index is 11.1. The van der Waals surface area contributed by atoms with E-state index in [1.54, 1.807) is 12.1 Å². The first kappa shape index (κ1) is 10.2. The van der Waals surface area contributed by atoms with Gasteiger partial charge in [0.15, 0.2) is 5.69 Å². The number of rotatable bonds is 2. The molecule has 0 amide bonds. The first-order valence-corrected chi connectivity index (χ1v) is 4.43. The van der Waals surface area contributed by atoms with Gasteiger partial charge in [0.2, 0.25) is 0 Å². The van der Waals surface area contributed by atoms with Crippen LogP contribution in [-0.4, -0.2) is 28.2 Å². The smallest absolute Gasteiger partial charge is 0.355 e. The van der Waals surface area contributed by atoms with Gasteiger partial charge in [-0.2, -0.15) is 4.98 Å². The number of benzene rings is 1. The van der Waals surface area contributed by atoms with Gasteiger partial charge in [0, 0.05) is 5.39 Å². The summed E-state index contributed by atoms with van der Waals surface area (Å²) in [5.74, 6) is -0.742. The minimum absolute atomic E-state index is 0.280. The summed E-state index contributed by atoms with van der Waals surface area (Å²) in [4.78, 5) is 27.9. The number of hydrogen-bond acceptors (Lipinski definition) is 4. The molecule has 0 atom stereocenters. The fraction of sp³-hybridized carbons (Fsp3) is 0.100. The molecule has 16 heavy (non-hydrogen) atoms. The van der Waals surface area contributed by atoms with Crippen molar-refractivity contribution in [2.24, 2.45) is 0 Å². The third-order valence-electron chi connectivity index (χ3n) is 2.14. The Balaban J connectivity index is 2.86. The number of ether oxygens (including phenoxy) is 1. The van der Waals surface area contributed by atoms with Gasteiger partial charge in [-0.3, -0.25) is 0 Å².